The van der Waals surface area contributed by atoms with Gasteiger partial charge in [-0.25, -0.2) is 0 Å². The van der Waals surface area contributed by atoms with Gasteiger partial charge < -0.3 is 19.0 Å². The molecule has 4 nitrogen and oxygen atoms in total. The number of fused-ring (bicyclic) bond motifs is 8. The van der Waals surface area contributed by atoms with E-state index in [0.29, 0.717) is 0 Å². The van der Waals surface area contributed by atoms with Crippen LogP contribution in [0.2, 0.25) is 0 Å². The molecule has 0 aliphatic carbocycles. The SMILES string of the molecule is c1ccc(-c2ccc(N3B4c5cc(-c6ccccc6)ccc5N(c5ccc(-c6ccccc6)cc5)c5c4c(cc4c5oc5ccccc54)-c4cc(N(c5ccc(-c6ccccc6)cc5)c5ccc(-c6ccccc6)cc5)ccc43)cc2)cc1. The van der Waals surface area contributed by atoms with Crippen molar-refractivity contribution in [3.8, 4) is 66.8 Å². The molecule has 5 heteroatoms. The molecule has 1 aromatic heterocycles. The molecule has 0 atom stereocenters. The van der Waals surface area contributed by atoms with E-state index in [2.05, 4.69) is 330 Å². The van der Waals surface area contributed by atoms with E-state index in [1.54, 1.807) is 0 Å². The summed E-state index contributed by atoms with van der Waals surface area (Å²) in [6.45, 7) is -0.274. The largest absolute Gasteiger partial charge is 0.454 e. The minimum atomic E-state index is -0.274. The van der Waals surface area contributed by atoms with Gasteiger partial charge in [-0.1, -0.05) is 231 Å². The molecule has 0 spiro atoms. The normalized spacial score (nSPS) is 12.3. The number of anilines is 8. The Labute approximate surface area is 483 Å². The average Bonchev–Trinajstić information content (AvgIpc) is 2.85. The zero-order valence-corrected chi connectivity index (χ0v) is 45.3. The van der Waals surface area contributed by atoms with E-state index >= 15 is 0 Å². The third-order valence-corrected chi connectivity index (χ3v) is 16.8. The highest BCUT2D eigenvalue weighted by atomic mass is 16.3. The Morgan fingerprint density at radius 1 is 0.301 bits per heavy atom. The van der Waals surface area contributed by atoms with E-state index < -0.39 is 0 Å². The first-order valence-corrected chi connectivity index (χ1v) is 28.5. The molecule has 388 valence electrons. The monoisotopic (exact) mass is 1060 g/mol. The lowest BCUT2D eigenvalue weighted by molar-refractivity contribution is 0.669. The highest BCUT2D eigenvalue weighted by molar-refractivity contribution is 6.94. The second kappa shape index (κ2) is 20.0. The number of furan rings is 1. The van der Waals surface area contributed by atoms with Crippen LogP contribution in [0.1, 0.15) is 0 Å². The summed E-state index contributed by atoms with van der Waals surface area (Å²) in [5.41, 5.74) is 26.7. The predicted molar refractivity (Wildman–Crippen MR) is 349 cm³/mol. The van der Waals surface area contributed by atoms with Crippen molar-refractivity contribution < 1.29 is 4.42 Å². The molecule has 14 aromatic rings. The summed E-state index contributed by atoms with van der Waals surface area (Å²) in [4.78, 5) is 7.50. The quantitative estimate of drug-likeness (QED) is 0.127. The molecule has 83 heavy (non-hydrogen) atoms. The molecule has 0 amide bonds. The number of hydrogen-bond acceptors (Lipinski definition) is 4. The molecule has 13 aromatic carbocycles. The van der Waals surface area contributed by atoms with Crippen LogP contribution in [0.15, 0.2) is 320 Å². The van der Waals surface area contributed by atoms with Gasteiger partial charge in [-0.05, 0) is 157 Å². The minimum Gasteiger partial charge on any atom is -0.454 e. The van der Waals surface area contributed by atoms with Crippen LogP contribution >= 0.6 is 0 Å². The summed E-state index contributed by atoms with van der Waals surface area (Å²) < 4.78 is 7.26. The van der Waals surface area contributed by atoms with Gasteiger partial charge >= 0.3 is 6.85 Å². The fourth-order valence-electron chi connectivity index (χ4n) is 12.9. The van der Waals surface area contributed by atoms with Crippen LogP contribution in [0.4, 0.5) is 45.5 Å². The van der Waals surface area contributed by atoms with Crippen molar-refractivity contribution in [1.82, 2.24) is 0 Å². The Balaban J connectivity index is 0.971. The summed E-state index contributed by atoms with van der Waals surface area (Å²) in [6, 6.07) is 115. The van der Waals surface area contributed by atoms with Crippen LogP contribution in [0.5, 0.6) is 0 Å². The molecule has 0 saturated carbocycles. The molecule has 2 aliphatic heterocycles. The lowest BCUT2D eigenvalue weighted by atomic mass is 9.43. The number of rotatable bonds is 10. The summed E-state index contributed by atoms with van der Waals surface area (Å²) in [5.74, 6) is 0. The molecule has 3 heterocycles. The second-order valence-electron chi connectivity index (χ2n) is 21.6. The molecular formula is C78H52BN3O. The van der Waals surface area contributed by atoms with Gasteiger partial charge in [0.1, 0.15) is 5.58 Å². The minimum absolute atomic E-state index is 0.274. The fourth-order valence-corrected chi connectivity index (χ4v) is 12.9. The Morgan fingerprint density at radius 3 is 1.23 bits per heavy atom. The maximum absolute atomic E-state index is 7.26. The van der Waals surface area contributed by atoms with Crippen LogP contribution in [0.25, 0.3) is 88.7 Å². The predicted octanol–water partition coefficient (Wildman–Crippen LogP) is 20.1. The maximum atomic E-state index is 7.26. The van der Waals surface area contributed by atoms with Gasteiger partial charge in [0.15, 0.2) is 5.58 Å². The first-order chi connectivity index (χ1) is 41.2. The maximum Gasteiger partial charge on any atom is 0.333 e. The highest BCUT2D eigenvalue weighted by Crippen LogP contribution is 2.52. The van der Waals surface area contributed by atoms with Crippen molar-refractivity contribution in [2.75, 3.05) is 14.6 Å². The first-order valence-electron chi connectivity index (χ1n) is 28.5. The van der Waals surface area contributed by atoms with Gasteiger partial charge in [0.2, 0.25) is 0 Å². The number of hydrogen-bond donors (Lipinski definition) is 0. The Kier molecular flexibility index (Phi) is 11.6. The fraction of sp³-hybridized carbons (Fsp3) is 0. The molecule has 16 rings (SSSR count). The van der Waals surface area contributed by atoms with Crippen LogP contribution < -0.4 is 25.5 Å². The summed E-state index contributed by atoms with van der Waals surface area (Å²) >= 11 is 0. The summed E-state index contributed by atoms with van der Waals surface area (Å²) in [5, 5.41) is 2.16. The lowest BCUT2D eigenvalue weighted by Crippen LogP contribution is -2.61. The lowest BCUT2D eigenvalue weighted by Gasteiger charge is -2.46. The average molecular weight is 1060 g/mol. The van der Waals surface area contributed by atoms with Crippen molar-refractivity contribution in [3.05, 3.63) is 315 Å². The summed E-state index contributed by atoms with van der Waals surface area (Å²) in [7, 11) is 0. The number of para-hydroxylation sites is 1. The topological polar surface area (TPSA) is 22.9 Å². The van der Waals surface area contributed by atoms with Gasteiger partial charge in [-0.3, -0.25) is 0 Å². The van der Waals surface area contributed by atoms with Gasteiger partial charge in [-0.2, -0.15) is 0 Å². The first kappa shape index (κ1) is 48.1. The third-order valence-electron chi connectivity index (χ3n) is 16.8. The van der Waals surface area contributed by atoms with E-state index in [1.807, 2.05) is 0 Å². The van der Waals surface area contributed by atoms with Crippen LogP contribution in [-0.4, -0.2) is 6.85 Å². The molecule has 0 unspecified atom stereocenters. The van der Waals surface area contributed by atoms with E-state index in [1.165, 1.54) is 61.0 Å². The van der Waals surface area contributed by atoms with E-state index in [-0.39, 0.29) is 6.85 Å². The van der Waals surface area contributed by atoms with Crippen molar-refractivity contribution >= 4 is 85.2 Å². The number of nitrogens with zero attached hydrogens (tertiary/aromatic N) is 3. The second-order valence-corrected chi connectivity index (χ2v) is 21.6. The molecule has 0 radical (unpaired) electrons. The standard InChI is InChI=1S/C78H52BN3O/c1-6-18-53(19-7-1)58-30-39-63(40-31-58)80(64-41-32-59(33-42-64)54-20-8-2-9-21-54)67-47-49-73-69(51-67)70-52-71-68-28-16-17-29-75(68)83-78(71)77-76(70)79(82(73)66-45-36-61(37-46-66)56-24-12-4-13-25-56)72-50-62(57-26-14-5-15-27-57)38-48-74(72)81(77)65-43-34-60(35-44-65)55-22-10-3-11-23-55/h1-52H. The zero-order valence-electron chi connectivity index (χ0n) is 45.3. The zero-order chi connectivity index (χ0) is 54.8. The van der Waals surface area contributed by atoms with Crippen LogP contribution in [-0.2, 0) is 0 Å². The molecule has 0 saturated heterocycles. The van der Waals surface area contributed by atoms with Crippen molar-refractivity contribution in [2.45, 2.75) is 0 Å². The van der Waals surface area contributed by atoms with Crippen molar-refractivity contribution in [2.24, 2.45) is 0 Å². The van der Waals surface area contributed by atoms with E-state index in [4.69, 9.17) is 4.42 Å². The molecule has 2 aliphatic rings. The smallest absolute Gasteiger partial charge is 0.333 e. The van der Waals surface area contributed by atoms with Crippen molar-refractivity contribution in [3.63, 3.8) is 0 Å². The van der Waals surface area contributed by atoms with Gasteiger partial charge in [0.25, 0.3) is 0 Å². The van der Waals surface area contributed by atoms with Crippen LogP contribution in [0.3, 0.4) is 0 Å². The molecule has 0 N–H and O–H groups in total. The van der Waals surface area contributed by atoms with E-state index in [0.717, 1.165) is 84.1 Å². The Morgan fingerprint density at radius 2 is 0.711 bits per heavy atom. The molecule has 0 fully saturated rings. The number of benzene rings is 13. The van der Waals surface area contributed by atoms with E-state index in [9.17, 15) is 0 Å². The van der Waals surface area contributed by atoms with Gasteiger partial charge in [0.05, 0.1) is 5.69 Å². The Hall–Kier alpha value is -10.9. The Bertz CT molecular complexity index is 4600. The van der Waals surface area contributed by atoms with Crippen molar-refractivity contribution in [1.29, 1.82) is 0 Å². The van der Waals surface area contributed by atoms with Gasteiger partial charge in [0, 0.05) is 56.1 Å². The van der Waals surface area contributed by atoms with Gasteiger partial charge in [-0.15, -0.1) is 0 Å². The molecule has 0 bridgehead atoms. The third kappa shape index (κ3) is 8.32. The van der Waals surface area contributed by atoms with Crippen LogP contribution in [0, 0.1) is 0 Å². The molecular weight excluding hydrogens is 1010 g/mol. The summed E-state index contributed by atoms with van der Waals surface area (Å²) in [6.07, 6.45) is 0. The highest BCUT2D eigenvalue weighted by Gasteiger charge is 2.47.